The molecule has 0 fully saturated rings. The van der Waals surface area contributed by atoms with Crippen molar-refractivity contribution in [1.82, 2.24) is 10.6 Å². The lowest BCUT2D eigenvalue weighted by Crippen LogP contribution is -2.39. The molecule has 0 aliphatic heterocycles. The van der Waals surface area contributed by atoms with E-state index in [-0.39, 0.29) is 25.4 Å². The average Bonchev–Trinajstić information content (AvgIpc) is 2.13. The van der Waals surface area contributed by atoms with Gasteiger partial charge in [0, 0.05) is 18.5 Å². The predicted molar refractivity (Wildman–Crippen MR) is 56.1 cm³/mol. The van der Waals surface area contributed by atoms with Crippen LogP contribution in [-0.4, -0.2) is 31.1 Å². The van der Waals surface area contributed by atoms with E-state index in [1.807, 2.05) is 0 Å². The highest BCUT2D eigenvalue weighted by Crippen LogP contribution is 2.14. The molecule has 0 rings (SSSR count). The first-order chi connectivity index (χ1) is 7.55. The maximum atomic E-state index is 11.8. The van der Waals surface area contributed by atoms with Crippen LogP contribution in [0.2, 0.25) is 0 Å². The van der Waals surface area contributed by atoms with E-state index in [0.717, 1.165) is 0 Å². The Morgan fingerprint density at radius 1 is 0.941 bits per heavy atom. The van der Waals surface area contributed by atoms with Gasteiger partial charge >= 0.3 is 12.1 Å². The Bertz CT molecular complexity index is 254. The van der Waals surface area contributed by atoms with Gasteiger partial charge in [0.15, 0.2) is 0 Å². The van der Waals surface area contributed by atoms with E-state index in [4.69, 9.17) is 0 Å². The topological polar surface area (TPSA) is 58.2 Å². The van der Waals surface area contributed by atoms with Crippen molar-refractivity contribution in [2.45, 2.75) is 33.4 Å². The third-order valence-corrected chi connectivity index (χ3v) is 1.86. The summed E-state index contributed by atoms with van der Waals surface area (Å²) in [5.74, 6) is -2.14. The van der Waals surface area contributed by atoms with Gasteiger partial charge in [-0.3, -0.25) is 9.59 Å². The molecule has 100 valence electrons. The normalized spacial score (nSPS) is 12.1. The quantitative estimate of drug-likeness (QED) is 0.741. The molecule has 4 nitrogen and oxygen atoms in total. The van der Waals surface area contributed by atoms with Crippen molar-refractivity contribution in [3.8, 4) is 0 Å². The zero-order valence-corrected chi connectivity index (χ0v) is 10.1. The molecule has 0 aliphatic rings. The summed E-state index contributed by atoms with van der Waals surface area (Å²) in [7, 11) is 0. The molecule has 0 aliphatic carbocycles. The molecule has 0 saturated heterocycles. The number of halogens is 3. The fraction of sp³-hybridized carbons (Fsp3) is 0.800. The zero-order valence-electron chi connectivity index (χ0n) is 10.1. The second-order valence-electron chi connectivity index (χ2n) is 4.61. The minimum absolute atomic E-state index is 0.122. The fourth-order valence-corrected chi connectivity index (χ4v) is 0.858. The third-order valence-electron chi connectivity index (χ3n) is 1.86. The minimum atomic E-state index is -4.85. The smallest absolute Gasteiger partial charge is 0.356 e. The average molecular weight is 254 g/mol. The predicted octanol–water partition coefficient (Wildman–Crippen LogP) is 1.22. The largest absolute Gasteiger partial charge is 0.471 e. The van der Waals surface area contributed by atoms with Crippen molar-refractivity contribution in [1.29, 1.82) is 0 Å². The van der Waals surface area contributed by atoms with E-state index in [9.17, 15) is 22.8 Å². The first-order valence-corrected chi connectivity index (χ1v) is 5.18. The highest BCUT2D eigenvalue weighted by molar-refractivity contribution is 5.82. The second kappa shape index (κ2) is 5.88. The molecule has 2 N–H and O–H groups in total. The monoisotopic (exact) mass is 254 g/mol. The lowest BCUT2D eigenvalue weighted by atomic mass is 9.96. The van der Waals surface area contributed by atoms with E-state index < -0.39 is 17.5 Å². The highest BCUT2D eigenvalue weighted by Gasteiger charge is 2.38. The van der Waals surface area contributed by atoms with Crippen molar-refractivity contribution < 1.29 is 22.8 Å². The summed E-state index contributed by atoms with van der Waals surface area (Å²) in [4.78, 5) is 21.7. The summed E-state index contributed by atoms with van der Waals surface area (Å²) in [5.41, 5.74) is -0.533. The molecule has 0 saturated carbocycles. The molecule has 0 spiro atoms. The standard InChI is InChI=1S/C10H17F3N2O2/c1-9(2,3)7(16)14-5-4-6-15-8(17)10(11,12)13/h4-6H2,1-3H3,(H,14,16)(H,15,17). The number of hydrogen-bond donors (Lipinski definition) is 2. The van der Waals surface area contributed by atoms with Crippen LogP contribution in [0.5, 0.6) is 0 Å². The molecule has 0 aromatic rings. The van der Waals surface area contributed by atoms with Gasteiger partial charge in [0.1, 0.15) is 0 Å². The Labute approximate surface area is 97.9 Å². The molecule has 0 bridgehead atoms. The van der Waals surface area contributed by atoms with Crippen LogP contribution in [-0.2, 0) is 9.59 Å². The summed E-state index contributed by atoms with van der Waals surface area (Å²) in [6, 6.07) is 0. The first kappa shape index (κ1) is 15.7. The Morgan fingerprint density at radius 2 is 1.35 bits per heavy atom. The van der Waals surface area contributed by atoms with Crippen molar-refractivity contribution >= 4 is 11.8 Å². The van der Waals surface area contributed by atoms with E-state index in [1.54, 1.807) is 26.1 Å². The minimum Gasteiger partial charge on any atom is -0.356 e. The molecule has 0 radical (unpaired) electrons. The summed E-state index contributed by atoms with van der Waals surface area (Å²) in [6.45, 7) is 5.30. The Morgan fingerprint density at radius 3 is 1.71 bits per heavy atom. The fourth-order valence-electron chi connectivity index (χ4n) is 0.858. The Hall–Kier alpha value is -1.27. The maximum absolute atomic E-state index is 11.8. The number of carbonyl (C=O) groups excluding carboxylic acids is 2. The second-order valence-corrected chi connectivity index (χ2v) is 4.61. The van der Waals surface area contributed by atoms with Crippen molar-refractivity contribution in [2.24, 2.45) is 5.41 Å². The van der Waals surface area contributed by atoms with Gasteiger partial charge in [-0.05, 0) is 6.42 Å². The van der Waals surface area contributed by atoms with Crippen LogP contribution in [0.3, 0.4) is 0 Å². The maximum Gasteiger partial charge on any atom is 0.471 e. The molecular formula is C10H17F3N2O2. The van der Waals surface area contributed by atoms with Crippen LogP contribution in [0.4, 0.5) is 13.2 Å². The number of carbonyl (C=O) groups is 2. The van der Waals surface area contributed by atoms with Gasteiger partial charge in [-0.15, -0.1) is 0 Å². The number of amides is 2. The van der Waals surface area contributed by atoms with Crippen LogP contribution in [0.25, 0.3) is 0 Å². The van der Waals surface area contributed by atoms with Gasteiger partial charge in [-0.1, -0.05) is 20.8 Å². The number of hydrogen-bond acceptors (Lipinski definition) is 2. The van der Waals surface area contributed by atoms with Gasteiger partial charge in [0.05, 0.1) is 0 Å². The van der Waals surface area contributed by atoms with E-state index in [2.05, 4.69) is 5.32 Å². The molecule has 0 aromatic carbocycles. The summed E-state index contributed by atoms with van der Waals surface area (Å²) >= 11 is 0. The molecule has 0 heterocycles. The SMILES string of the molecule is CC(C)(C)C(=O)NCCCNC(=O)C(F)(F)F. The first-order valence-electron chi connectivity index (χ1n) is 5.18. The van der Waals surface area contributed by atoms with Crippen LogP contribution in [0.15, 0.2) is 0 Å². The van der Waals surface area contributed by atoms with E-state index in [0.29, 0.717) is 0 Å². The number of alkyl halides is 3. The zero-order chi connectivity index (χ0) is 13.7. The van der Waals surface area contributed by atoms with E-state index in [1.165, 1.54) is 0 Å². The molecule has 17 heavy (non-hydrogen) atoms. The van der Waals surface area contributed by atoms with Crippen LogP contribution in [0, 0.1) is 5.41 Å². The number of rotatable bonds is 4. The highest BCUT2D eigenvalue weighted by atomic mass is 19.4. The van der Waals surface area contributed by atoms with Gasteiger partial charge in [-0.2, -0.15) is 13.2 Å². The van der Waals surface area contributed by atoms with Crippen LogP contribution >= 0.6 is 0 Å². The van der Waals surface area contributed by atoms with Crippen molar-refractivity contribution in [2.75, 3.05) is 13.1 Å². The van der Waals surface area contributed by atoms with E-state index >= 15 is 0 Å². The lowest BCUT2D eigenvalue weighted by Gasteiger charge is -2.17. The van der Waals surface area contributed by atoms with Gasteiger partial charge in [0.2, 0.25) is 5.91 Å². The summed E-state index contributed by atoms with van der Waals surface area (Å²) in [5, 5.41) is 4.28. The summed E-state index contributed by atoms with van der Waals surface area (Å²) < 4.78 is 35.3. The third kappa shape index (κ3) is 6.80. The molecule has 0 unspecified atom stereocenters. The molecule has 7 heteroatoms. The van der Waals surface area contributed by atoms with Crippen LogP contribution < -0.4 is 10.6 Å². The Balaban J connectivity index is 3.68. The molecule has 0 aromatic heterocycles. The summed E-state index contributed by atoms with van der Waals surface area (Å²) in [6.07, 6.45) is -4.60. The molecular weight excluding hydrogens is 237 g/mol. The van der Waals surface area contributed by atoms with Crippen molar-refractivity contribution in [3.05, 3.63) is 0 Å². The van der Waals surface area contributed by atoms with Gasteiger partial charge in [0.25, 0.3) is 0 Å². The van der Waals surface area contributed by atoms with Gasteiger partial charge < -0.3 is 10.6 Å². The molecule has 2 amide bonds. The Kier molecular flexibility index (Phi) is 5.44. The van der Waals surface area contributed by atoms with Crippen molar-refractivity contribution in [3.63, 3.8) is 0 Å². The van der Waals surface area contributed by atoms with Crippen LogP contribution in [0.1, 0.15) is 27.2 Å². The van der Waals surface area contributed by atoms with Gasteiger partial charge in [-0.25, -0.2) is 0 Å². The number of nitrogens with one attached hydrogen (secondary N) is 2. The molecule has 0 atom stereocenters. The lowest BCUT2D eigenvalue weighted by molar-refractivity contribution is -0.173.